The van der Waals surface area contributed by atoms with Gasteiger partial charge in [0.2, 0.25) is 0 Å². The van der Waals surface area contributed by atoms with Gasteiger partial charge in [0.05, 0.1) is 7.11 Å². The maximum Gasteiger partial charge on any atom is 0.256 e. The Balaban J connectivity index is 2.10. The number of benzene rings is 1. The molecule has 0 unspecified atom stereocenters. The molecule has 0 atom stereocenters. The third-order valence-corrected chi connectivity index (χ3v) is 3.79. The smallest absolute Gasteiger partial charge is 0.256 e. The van der Waals surface area contributed by atoms with Crippen LogP contribution in [0.3, 0.4) is 0 Å². The summed E-state index contributed by atoms with van der Waals surface area (Å²) in [7, 11) is 1.62. The van der Waals surface area contributed by atoms with Crippen molar-refractivity contribution in [2.75, 3.05) is 18.7 Å². The molecule has 2 aromatic rings. The number of thioether (sulfide) groups is 1. The fraction of sp³-hybridized carbons (Fsp3) is 0.353. The van der Waals surface area contributed by atoms with Gasteiger partial charge in [-0.25, -0.2) is 9.97 Å². The average molecular weight is 346 g/mol. The highest BCUT2D eigenvalue weighted by Gasteiger charge is 2.15. The molecule has 2 rings (SSSR count). The van der Waals surface area contributed by atoms with E-state index in [0.29, 0.717) is 23.1 Å². The van der Waals surface area contributed by atoms with Crippen LogP contribution in [-0.2, 0) is 6.54 Å². The second-order valence-corrected chi connectivity index (χ2v) is 6.22. The van der Waals surface area contributed by atoms with Crippen molar-refractivity contribution in [1.82, 2.24) is 15.3 Å². The number of aromatic nitrogens is 2. The predicted octanol–water partition coefficient (Wildman–Crippen LogP) is 2.96. The van der Waals surface area contributed by atoms with Gasteiger partial charge in [-0.15, -0.1) is 0 Å². The van der Waals surface area contributed by atoms with E-state index in [1.807, 2.05) is 44.4 Å². The zero-order chi connectivity index (χ0) is 17.5. The molecule has 1 aromatic heterocycles. The first kappa shape index (κ1) is 18.1. The maximum atomic E-state index is 12.5. The molecule has 6 nitrogen and oxygen atoms in total. The predicted molar refractivity (Wildman–Crippen MR) is 96.7 cm³/mol. The number of hydrogen-bond donors (Lipinski definition) is 2. The van der Waals surface area contributed by atoms with E-state index in [2.05, 4.69) is 20.6 Å². The van der Waals surface area contributed by atoms with E-state index in [4.69, 9.17) is 4.74 Å². The van der Waals surface area contributed by atoms with Gasteiger partial charge in [-0.05, 0) is 37.8 Å². The molecule has 1 heterocycles. The van der Waals surface area contributed by atoms with E-state index in [-0.39, 0.29) is 11.9 Å². The summed E-state index contributed by atoms with van der Waals surface area (Å²) in [5.41, 5.74) is 1.43. The molecule has 0 fully saturated rings. The summed E-state index contributed by atoms with van der Waals surface area (Å²) in [6.45, 7) is 4.42. The summed E-state index contributed by atoms with van der Waals surface area (Å²) < 4.78 is 5.12. The molecule has 24 heavy (non-hydrogen) atoms. The van der Waals surface area contributed by atoms with Gasteiger partial charge in [-0.3, -0.25) is 4.79 Å². The minimum absolute atomic E-state index is 0.169. The van der Waals surface area contributed by atoms with Gasteiger partial charge in [0.1, 0.15) is 17.1 Å². The molecule has 1 amide bonds. The highest BCUT2D eigenvalue weighted by atomic mass is 32.2. The van der Waals surface area contributed by atoms with Crippen molar-refractivity contribution in [3.05, 3.63) is 41.6 Å². The number of nitrogens with one attached hydrogen (secondary N) is 2. The number of ether oxygens (including phenoxy) is 1. The lowest BCUT2D eigenvalue weighted by Gasteiger charge is -2.14. The fourth-order valence-corrected chi connectivity index (χ4v) is 2.38. The average Bonchev–Trinajstić information content (AvgIpc) is 2.59. The molecule has 7 heteroatoms. The summed E-state index contributed by atoms with van der Waals surface area (Å²) in [5.74, 6) is 1.13. The summed E-state index contributed by atoms with van der Waals surface area (Å²) in [5, 5.41) is 6.73. The van der Waals surface area contributed by atoms with Gasteiger partial charge < -0.3 is 15.4 Å². The molecular formula is C17H22N4O2S. The Morgan fingerprint density at radius 1 is 1.29 bits per heavy atom. The van der Waals surface area contributed by atoms with Crippen molar-refractivity contribution in [3.63, 3.8) is 0 Å². The van der Waals surface area contributed by atoms with Crippen LogP contribution in [0.4, 0.5) is 5.82 Å². The van der Waals surface area contributed by atoms with Crippen LogP contribution in [0.5, 0.6) is 5.75 Å². The van der Waals surface area contributed by atoms with Crippen LogP contribution in [0.2, 0.25) is 0 Å². The minimum atomic E-state index is -0.207. The van der Waals surface area contributed by atoms with E-state index >= 15 is 0 Å². The third-order valence-electron chi connectivity index (χ3n) is 3.23. The minimum Gasteiger partial charge on any atom is -0.497 e. The lowest BCUT2D eigenvalue weighted by Crippen LogP contribution is -2.25. The molecule has 0 aliphatic rings. The number of rotatable bonds is 7. The van der Waals surface area contributed by atoms with E-state index in [9.17, 15) is 4.79 Å². The molecule has 1 aromatic carbocycles. The zero-order valence-electron chi connectivity index (χ0n) is 14.3. The normalized spacial score (nSPS) is 10.5. The molecule has 2 N–H and O–H groups in total. The lowest BCUT2D eigenvalue weighted by molar-refractivity contribution is 0.0951. The molecule has 0 spiro atoms. The first-order valence-corrected chi connectivity index (χ1v) is 8.84. The van der Waals surface area contributed by atoms with Crippen molar-refractivity contribution >= 4 is 23.5 Å². The van der Waals surface area contributed by atoms with Crippen LogP contribution in [0.15, 0.2) is 35.6 Å². The number of nitrogens with zero attached hydrogens (tertiary/aromatic N) is 2. The Morgan fingerprint density at radius 3 is 2.58 bits per heavy atom. The lowest BCUT2D eigenvalue weighted by atomic mass is 10.2. The third kappa shape index (κ3) is 4.86. The number of carbonyl (C=O) groups excluding carboxylic acids is 1. The Kier molecular flexibility index (Phi) is 6.43. The molecule has 0 aliphatic carbocycles. The quantitative estimate of drug-likeness (QED) is 0.593. The Hall–Kier alpha value is -2.28. The largest absolute Gasteiger partial charge is 0.497 e. The van der Waals surface area contributed by atoms with E-state index < -0.39 is 0 Å². The molecule has 0 saturated heterocycles. The Labute approximate surface area is 146 Å². The molecule has 0 bridgehead atoms. The highest BCUT2D eigenvalue weighted by molar-refractivity contribution is 7.98. The fourth-order valence-electron chi connectivity index (χ4n) is 2.03. The van der Waals surface area contributed by atoms with Gasteiger partial charge in [-0.2, -0.15) is 0 Å². The molecular weight excluding hydrogens is 324 g/mol. The van der Waals surface area contributed by atoms with Crippen LogP contribution < -0.4 is 15.4 Å². The van der Waals surface area contributed by atoms with Gasteiger partial charge in [0.15, 0.2) is 5.16 Å². The van der Waals surface area contributed by atoms with E-state index in [0.717, 1.165) is 11.3 Å². The van der Waals surface area contributed by atoms with Crippen molar-refractivity contribution < 1.29 is 9.53 Å². The van der Waals surface area contributed by atoms with Crippen LogP contribution >= 0.6 is 11.8 Å². The van der Waals surface area contributed by atoms with Crippen molar-refractivity contribution in [2.45, 2.75) is 31.6 Å². The second-order valence-electron chi connectivity index (χ2n) is 5.45. The van der Waals surface area contributed by atoms with Gasteiger partial charge in [-0.1, -0.05) is 23.9 Å². The van der Waals surface area contributed by atoms with E-state index in [1.54, 1.807) is 13.3 Å². The van der Waals surface area contributed by atoms with E-state index in [1.165, 1.54) is 11.8 Å². The summed E-state index contributed by atoms with van der Waals surface area (Å²) >= 11 is 1.44. The first-order valence-electron chi connectivity index (χ1n) is 7.62. The Bertz CT molecular complexity index is 689. The first-order chi connectivity index (χ1) is 11.5. The standard InChI is InChI=1S/C17H22N4O2S/c1-11(2)20-15-14(10-19-17(21-15)24-4)16(22)18-9-12-5-7-13(23-3)8-6-12/h5-8,10-11H,9H2,1-4H3,(H,18,22)(H,19,20,21). The van der Waals surface area contributed by atoms with Crippen molar-refractivity contribution in [2.24, 2.45) is 0 Å². The number of carbonyl (C=O) groups is 1. The highest BCUT2D eigenvalue weighted by Crippen LogP contribution is 2.18. The summed E-state index contributed by atoms with van der Waals surface area (Å²) in [4.78, 5) is 21.1. The maximum absolute atomic E-state index is 12.5. The van der Waals surface area contributed by atoms with Crippen LogP contribution in [0.25, 0.3) is 0 Å². The SMILES string of the molecule is COc1ccc(CNC(=O)c2cnc(SC)nc2NC(C)C)cc1. The monoisotopic (exact) mass is 346 g/mol. The zero-order valence-corrected chi connectivity index (χ0v) is 15.1. The van der Waals surface area contributed by atoms with Crippen LogP contribution in [0.1, 0.15) is 29.8 Å². The molecule has 0 radical (unpaired) electrons. The Morgan fingerprint density at radius 2 is 2.00 bits per heavy atom. The number of anilines is 1. The van der Waals surface area contributed by atoms with Crippen molar-refractivity contribution in [1.29, 1.82) is 0 Å². The summed E-state index contributed by atoms with van der Waals surface area (Å²) in [6.07, 6.45) is 3.46. The molecule has 0 saturated carbocycles. The number of methoxy groups -OCH3 is 1. The second kappa shape index (κ2) is 8.54. The topological polar surface area (TPSA) is 76.1 Å². The summed E-state index contributed by atoms with van der Waals surface area (Å²) in [6, 6.07) is 7.73. The van der Waals surface area contributed by atoms with Gasteiger partial charge >= 0.3 is 0 Å². The molecule has 128 valence electrons. The number of amides is 1. The van der Waals surface area contributed by atoms with Crippen molar-refractivity contribution in [3.8, 4) is 5.75 Å². The van der Waals surface area contributed by atoms with Gasteiger partial charge in [0, 0.05) is 18.8 Å². The van der Waals surface area contributed by atoms with Crippen LogP contribution in [-0.4, -0.2) is 35.3 Å². The molecule has 0 aliphatic heterocycles. The van der Waals surface area contributed by atoms with Gasteiger partial charge in [0.25, 0.3) is 5.91 Å². The number of hydrogen-bond acceptors (Lipinski definition) is 6. The van der Waals surface area contributed by atoms with Crippen LogP contribution in [0, 0.1) is 0 Å².